The van der Waals surface area contributed by atoms with Crippen LogP contribution in [0.15, 0.2) is 24.4 Å². The highest BCUT2D eigenvalue weighted by Gasteiger charge is 2.27. The predicted octanol–water partition coefficient (Wildman–Crippen LogP) is 1.39. The molecular weight excluding hydrogens is 190 g/mol. The summed E-state index contributed by atoms with van der Waals surface area (Å²) >= 11 is 0. The normalized spacial score (nSPS) is 13.3. The Morgan fingerprint density at radius 1 is 1.47 bits per heavy atom. The topological polar surface area (TPSA) is 68.0 Å². The van der Waals surface area contributed by atoms with Crippen molar-refractivity contribution in [3.63, 3.8) is 0 Å². The molecule has 0 aliphatic carbocycles. The maximum atomic E-state index is 11.7. The summed E-state index contributed by atoms with van der Waals surface area (Å²) in [5, 5.41) is 2.67. The quantitative estimate of drug-likeness (QED) is 0.770. The van der Waals surface area contributed by atoms with E-state index < -0.39 is 6.04 Å². The van der Waals surface area contributed by atoms with Gasteiger partial charge in [0.05, 0.1) is 6.04 Å². The zero-order chi connectivity index (χ0) is 11.5. The number of carbonyl (C=O) groups is 1. The van der Waals surface area contributed by atoms with Gasteiger partial charge in [-0.15, -0.1) is 0 Å². The molecule has 0 fully saturated rings. The minimum absolute atomic E-state index is 0.207. The average Bonchev–Trinajstić information content (AvgIpc) is 2.16. The van der Waals surface area contributed by atoms with Crippen molar-refractivity contribution in [2.45, 2.75) is 26.8 Å². The molecule has 82 valence electrons. The lowest BCUT2D eigenvalue weighted by Gasteiger charge is -2.25. The van der Waals surface area contributed by atoms with Crippen LogP contribution in [-0.2, 0) is 4.79 Å². The van der Waals surface area contributed by atoms with Gasteiger partial charge in [0.2, 0.25) is 5.91 Å². The minimum atomic E-state index is -0.542. The largest absolute Gasteiger partial charge is 0.319 e. The number of amides is 1. The first-order chi connectivity index (χ1) is 6.91. The van der Waals surface area contributed by atoms with Crippen molar-refractivity contribution in [1.29, 1.82) is 0 Å². The molecule has 0 unspecified atom stereocenters. The van der Waals surface area contributed by atoms with Crippen LogP contribution in [-0.4, -0.2) is 16.9 Å². The molecule has 0 aromatic carbocycles. The second kappa shape index (κ2) is 4.40. The fourth-order valence-electron chi connectivity index (χ4n) is 1.03. The van der Waals surface area contributed by atoms with Gasteiger partial charge in [0, 0.05) is 6.20 Å². The van der Waals surface area contributed by atoms with Crippen molar-refractivity contribution in [1.82, 2.24) is 4.98 Å². The highest BCUT2D eigenvalue weighted by atomic mass is 16.2. The molecule has 3 N–H and O–H groups in total. The number of hydrogen-bond donors (Lipinski definition) is 2. The van der Waals surface area contributed by atoms with Crippen LogP contribution >= 0.6 is 0 Å². The van der Waals surface area contributed by atoms with Crippen LogP contribution in [0, 0.1) is 5.41 Å². The number of pyridine rings is 1. The highest BCUT2D eigenvalue weighted by Crippen LogP contribution is 2.18. The predicted molar refractivity (Wildman–Crippen MR) is 60.3 cm³/mol. The Bertz CT molecular complexity index is 329. The number of nitrogens with one attached hydrogen (secondary N) is 1. The number of rotatable bonds is 2. The summed E-state index contributed by atoms with van der Waals surface area (Å²) in [6.07, 6.45) is 1.62. The van der Waals surface area contributed by atoms with Gasteiger partial charge in [-0.05, 0) is 17.5 Å². The minimum Gasteiger partial charge on any atom is -0.319 e. The molecule has 1 amide bonds. The van der Waals surface area contributed by atoms with E-state index in [0.717, 1.165) is 0 Å². The van der Waals surface area contributed by atoms with E-state index in [1.807, 2.05) is 26.8 Å². The number of hydrogen-bond acceptors (Lipinski definition) is 3. The van der Waals surface area contributed by atoms with Crippen molar-refractivity contribution in [3.8, 4) is 0 Å². The van der Waals surface area contributed by atoms with E-state index in [1.165, 1.54) is 0 Å². The Labute approximate surface area is 89.9 Å². The third kappa shape index (κ3) is 3.32. The lowest BCUT2D eigenvalue weighted by Crippen LogP contribution is -2.45. The van der Waals surface area contributed by atoms with Crippen molar-refractivity contribution in [2.75, 3.05) is 5.32 Å². The van der Waals surface area contributed by atoms with E-state index in [1.54, 1.807) is 18.3 Å². The molecule has 15 heavy (non-hydrogen) atoms. The van der Waals surface area contributed by atoms with Crippen LogP contribution in [0.25, 0.3) is 0 Å². The van der Waals surface area contributed by atoms with Gasteiger partial charge in [-0.2, -0.15) is 0 Å². The summed E-state index contributed by atoms with van der Waals surface area (Å²) in [6.45, 7) is 5.78. The van der Waals surface area contributed by atoms with Gasteiger partial charge in [-0.1, -0.05) is 26.8 Å². The molecule has 1 heterocycles. The Morgan fingerprint density at radius 2 is 2.13 bits per heavy atom. The van der Waals surface area contributed by atoms with Gasteiger partial charge in [0.15, 0.2) is 0 Å². The molecule has 4 heteroatoms. The van der Waals surface area contributed by atoms with Crippen LogP contribution < -0.4 is 11.1 Å². The van der Waals surface area contributed by atoms with E-state index >= 15 is 0 Å². The van der Waals surface area contributed by atoms with Gasteiger partial charge >= 0.3 is 0 Å². The third-order valence-corrected chi connectivity index (χ3v) is 2.13. The van der Waals surface area contributed by atoms with E-state index in [4.69, 9.17) is 5.73 Å². The first-order valence-electron chi connectivity index (χ1n) is 4.89. The second-order valence-electron chi connectivity index (χ2n) is 4.55. The van der Waals surface area contributed by atoms with Crippen molar-refractivity contribution in [2.24, 2.45) is 11.1 Å². The van der Waals surface area contributed by atoms with Crippen molar-refractivity contribution in [3.05, 3.63) is 24.4 Å². The molecule has 0 bridgehead atoms. The fourth-order valence-corrected chi connectivity index (χ4v) is 1.03. The van der Waals surface area contributed by atoms with Crippen LogP contribution in [0.4, 0.5) is 5.82 Å². The van der Waals surface area contributed by atoms with E-state index in [0.29, 0.717) is 5.82 Å². The van der Waals surface area contributed by atoms with Crippen LogP contribution in [0.2, 0.25) is 0 Å². The number of nitrogens with zero attached hydrogens (tertiary/aromatic N) is 1. The molecule has 0 saturated carbocycles. The SMILES string of the molecule is CC(C)(C)[C@@H](N)C(=O)Nc1ccccn1. The number of carbonyl (C=O) groups excluding carboxylic acids is 1. The van der Waals surface area contributed by atoms with Gasteiger partial charge in [-0.25, -0.2) is 4.98 Å². The molecule has 4 nitrogen and oxygen atoms in total. The van der Waals surface area contributed by atoms with Gasteiger partial charge < -0.3 is 11.1 Å². The zero-order valence-electron chi connectivity index (χ0n) is 9.32. The van der Waals surface area contributed by atoms with Crippen LogP contribution in [0.5, 0.6) is 0 Å². The average molecular weight is 207 g/mol. The zero-order valence-corrected chi connectivity index (χ0v) is 9.32. The summed E-state index contributed by atoms with van der Waals surface area (Å²) in [5.74, 6) is 0.323. The number of aromatic nitrogens is 1. The summed E-state index contributed by atoms with van der Waals surface area (Å²) < 4.78 is 0. The fraction of sp³-hybridized carbons (Fsp3) is 0.455. The Kier molecular flexibility index (Phi) is 3.42. The third-order valence-electron chi connectivity index (χ3n) is 2.13. The van der Waals surface area contributed by atoms with Crippen LogP contribution in [0.1, 0.15) is 20.8 Å². The molecule has 0 aliphatic heterocycles. The highest BCUT2D eigenvalue weighted by molar-refractivity contribution is 5.94. The Balaban J connectivity index is 2.65. The Hall–Kier alpha value is -1.42. The summed E-state index contributed by atoms with van der Waals surface area (Å²) in [7, 11) is 0. The first kappa shape index (κ1) is 11.7. The standard InChI is InChI=1S/C11H17N3O/c1-11(2,3)9(12)10(15)14-8-6-4-5-7-13-8/h4-7,9H,12H2,1-3H3,(H,13,14,15)/t9-/m0/s1. The molecule has 1 atom stereocenters. The molecule has 1 aromatic heterocycles. The molecular formula is C11H17N3O. The first-order valence-corrected chi connectivity index (χ1v) is 4.89. The van der Waals surface area contributed by atoms with E-state index in [9.17, 15) is 4.79 Å². The van der Waals surface area contributed by atoms with E-state index in [2.05, 4.69) is 10.3 Å². The molecule has 0 aliphatic rings. The lowest BCUT2D eigenvalue weighted by molar-refractivity contribution is -0.119. The summed E-state index contributed by atoms with van der Waals surface area (Å²) in [5.41, 5.74) is 5.55. The maximum Gasteiger partial charge on any atom is 0.242 e. The van der Waals surface area contributed by atoms with Crippen LogP contribution in [0.3, 0.4) is 0 Å². The molecule has 0 spiro atoms. The van der Waals surface area contributed by atoms with E-state index in [-0.39, 0.29) is 11.3 Å². The van der Waals surface area contributed by atoms with Gasteiger partial charge in [0.25, 0.3) is 0 Å². The maximum absolute atomic E-state index is 11.7. The van der Waals surface area contributed by atoms with Gasteiger partial charge in [-0.3, -0.25) is 4.79 Å². The van der Waals surface area contributed by atoms with Crippen molar-refractivity contribution < 1.29 is 4.79 Å². The Morgan fingerprint density at radius 3 is 2.60 bits per heavy atom. The lowest BCUT2D eigenvalue weighted by atomic mass is 9.87. The monoisotopic (exact) mass is 207 g/mol. The molecule has 0 saturated heterocycles. The number of anilines is 1. The molecule has 1 aromatic rings. The van der Waals surface area contributed by atoms with Crippen molar-refractivity contribution >= 4 is 11.7 Å². The summed E-state index contributed by atoms with van der Waals surface area (Å²) in [4.78, 5) is 15.7. The second-order valence-corrected chi connectivity index (χ2v) is 4.55. The smallest absolute Gasteiger partial charge is 0.242 e. The molecule has 1 rings (SSSR count). The van der Waals surface area contributed by atoms with Gasteiger partial charge in [0.1, 0.15) is 5.82 Å². The number of nitrogens with two attached hydrogens (primary N) is 1. The summed E-state index contributed by atoms with van der Waals surface area (Å²) in [6, 6.07) is 4.79. The molecule has 0 radical (unpaired) electrons.